The number of rotatable bonds is 3. The number of carbonyl (C=O) groups is 3. The summed E-state index contributed by atoms with van der Waals surface area (Å²) in [6, 6.07) is -0.721. The maximum Gasteiger partial charge on any atom is 0.333 e. The number of likely N-dealkylation sites (N-methyl/N-ethyl adjacent to an activating group) is 2. The lowest BCUT2D eigenvalue weighted by atomic mass is 10.1. The lowest BCUT2D eigenvalue weighted by Crippen LogP contribution is -2.52. The van der Waals surface area contributed by atoms with E-state index in [4.69, 9.17) is 0 Å². The van der Waals surface area contributed by atoms with Gasteiger partial charge in [-0.2, -0.15) is 0 Å². The smallest absolute Gasteiger partial charge is 0.333 e. The third-order valence-electron chi connectivity index (χ3n) is 4.31. The summed E-state index contributed by atoms with van der Waals surface area (Å²) >= 11 is 0. The minimum atomic E-state index is -0.727. The molecule has 0 bridgehead atoms. The topological polar surface area (TPSA) is 125 Å². The van der Waals surface area contributed by atoms with E-state index >= 15 is 0 Å². The molecule has 0 aromatic carbocycles. The van der Waals surface area contributed by atoms with E-state index in [1.165, 1.54) is 52.5 Å². The second-order valence-corrected chi connectivity index (χ2v) is 6.26. The van der Waals surface area contributed by atoms with Crippen molar-refractivity contribution >= 4 is 23.9 Å². The Hall–Kier alpha value is -3.69. The van der Waals surface area contributed by atoms with Gasteiger partial charge in [-0.15, -0.1) is 0 Å². The van der Waals surface area contributed by atoms with Crippen LogP contribution in [0.5, 0.6) is 5.88 Å². The van der Waals surface area contributed by atoms with Gasteiger partial charge < -0.3 is 9.67 Å². The number of hydrogen-bond donors (Lipinski definition) is 0. The molecule has 4 amide bonds. The lowest BCUT2D eigenvalue weighted by molar-refractivity contribution is -0.280. The van der Waals surface area contributed by atoms with E-state index in [0.717, 1.165) is 18.9 Å². The molecule has 1 aliphatic heterocycles. The first kappa shape index (κ1) is 20.6. The quantitative estimate of drug-likeness (QED) is 0.376. The summed E-state index contributed by atoms with van der Waals surface area (Å²) in [6.07, 6.45) is 5.41. The molecule has 2 heterocycles. The highest BCUT2D eigenvalue weighted by Crippen LogP contribution is 2.15. The van der Waals surface area contributed by atoms with Crippen LogP contribution in [0.25, 0.3) is 6.08 Å². The number of barbiturate groups is 1. The van der Waals surface area contributed by atoms with Gasteiger partial charge in [-0.05, 0) is 25.0 Å². The van der Waals surface area contributed by atoms with E-state index in [2.05, 4.69) is 0 Å². The average Bonchev–Trinajstić information content (AvgIpc) is 2.67. The molecule has 0 atom stereocenters. The van der Waals surface area contributed by atoms with Crippen LogP contribution in [0.2, 0.25) is 0 Å². The molecule has 1 aliphatic rings. The molecule has 0 N–H and O–H groups in total. The molecular formula is C18H19N4O6-. The fourth-order valence-electron chi connectivity index (χ4n) is 2.47. The summed E-state index contributed by atoms with van der Waals surface area (Å²) in [4.78, 5) is 61.4. The van der Waals surface area contributed by atoms with Gasteiger partial charge in [0.15, 0.2) is 0 Å². The van der Waals surface area contributed by atoms with Gasteiger partial charge in [0.1, 0.15) is 5.57 Å². The molecule has 1 fully saturated rings. The van der Waals surface area contributed by atoms with Crippen LogP contribution in [0.1, 0.15) is 12.5 Å². The summed E-state index contributed by atoms with van der Waals surface area (Å²) in [7, 11) is 5.07. The van der Waals surface area contributed by atoms with Gasteiger partial charge in [0.05, 0.1) is 0 Å². The highest BCUT2D eigenvalue weighted by molar-refractivity contribution is 6.28. The van der Waals surface area contributed by atoms with Gasteiger partial charge in [-0.25, -0.2) is 9.59 Å². The number of nitrogens with zero attached hydrogens (tertiary/aromatic N) is 4. The van der Waals surface area contributed by atoms with Crippen molar-refractivity contribution in [2.45, 2.75) is 6.92 Å². The van der Waals surface area contributed by atoms with Crippen LogP contribution in [0.15, 0.2) is 39.0 Å². The van der Waals surface area contributed by atoms with Crippen molar-refractivity contribution in [2.75, 3.05) is 14.1 Å². The Kier molecular flexibility index (Phi) is 5.53. The van der Waals surface area contributed by atoms with Crippen molar-refractivity contribution in [1.29, 1.82) is 0 Å². The third-order valence-corrected chi connectivity index (χ3v) is 4.31. The standard InChI is InChI=1S/C18H20N4O6/c1-10(6-8-11-13(23)19(2)17(27)20(3)14(11)24)7-9-12-15(25)21(4)18(28)22(5)16(12)26/h6-9,23H,1-5H3/p-1. The number of aromatic nitrogens is 2. The minimum Gasteiger partial charge on any atom is -0.859 e. The normalized spacial score (nSPS) is 15.8. The van der Waals surface area contributed by atoms with Crippen molar-refractivity contribution in [2.24, 2.45) is 14.1 Å². The van der Waals surface area contributed by atoms with Crippen LogP contribution in [0.3, 0.4) is 0 Å². The van der Waals surface area contributed by atoms with Crippen LogP contribution >= 0.6 is 0 Å². The number of urea groups is 1. The van der Waals surface area contributed by atoms with Gasteiger partial charge in [0.25, 0.3) is 17.4 Å². The maximum atomic E-state index is 12.1. The molecule has 2 rings (SSSR count). The Labute approximate surface area is 159 Å². The zero-order valence-corrected chi connectivity index (χ0v) is 16.0. The van der Waals surface area contributed by atoms with E-state index in [1.807, 2.05) is 0 Å². The third kappa shape index (κ3) is 3.43. The first-order valence-corrected chi connectivity index (χ1v) is 8.12. The molecule has 0 unspecified atom stereocenters. The highest BCUT2D eigenvalue weighted by atomic mass is 16.3. The van der Waals surface area contributed by atoms with Crippen molar-refractivity contribution in [3.63, 3.8) is 0 Å². The van der Waals surface area contributed by atoms with E-state index in [0.29, 0.717) is 5.57 Å². The van der Waals surface area contributed by atoms with E-state index < -0.39 is 35.0 Å². The molecule has 148 valence electrons. The predicted molar refractivity (Wildman–Crippen MR) is 98.2 cm³/mol. The molecule has 0 spiro atoms. The SMILES string of the molecule is CC(C=Cc1c([O-])n(C)c(=O)n(C)c1=O)=CC=C1C(=O)N(C)C(=O)N(C)C1=O. The second-order valence-electron chi connectivity index (χ2n) is 6.26. The van der Waals surface area contributed by atoms with Crippen LogP contribution in [0, 0.1) is 0 Å². The van der Waals surface area contributed by atoms with Crippen molar-refractivity contribution in [3.8, 4) is 5.88 Å². The number of imide groups is 2. The zero-order valence-electron chi connectivity index (χ0n) is 16.0. The van der Waals surface area contributed by atoms with Crippen molar-refractivity contribution in [1.82, 2.24) is 18.9 Å². The Bertz CT molecular complexity index is 1060. The van der Waals surface area contributed by atoms with Crippen LogP contribution in [0.4, 0.5) is 4.79 Å². The lowest BCUT2D eigenvalue weighted by Gasteiger charge is -2.28. The van der Waals surface area contributed by atoms with E-state index in [-0.39, 0.29) is 11.1 Å². The minimum absolute atomic E-state index is 0.195. The fraction of sp³-hybridized carbons (Fsp3) is 0.278. The first-order chi connectivity index (χ1) is 13.0. The van der Waals surface area contributed by atoms with E-state index in [1.54, 1.807) is 6.92 Å². The highest BCUT2D eigenvalue weighted by Gasteiger charge is 2.37. The van der Waals surface area contributed by atoms with Crippen molar-refractivity contribution < 1.29 is 19.5 Å². The molecule has 10 heteroatoms. The maximum absolute atomic E-state index is 12.1. The molecule has 1 aromatic rings. The Balaban J connectivity index is 2.38. The van der Waals surface area contributed by atoms with Gasteiger partial charge in [-0.3, -0.25) is 28.8 Å². The van der Waals surface area contributed by atoms with Crippen LogP contribution < -0.4 is 16.4 Å². The first-order valence-electron chi connectivity index (χ1n) is 8.12. The summed E-state index contributed by atoms with van der Waals surface area (Å²) < 4.78 is 1.65. The molecule has 0 radical (unpaired) electrons. The summed E-state index contributed by atoms with van der Waals surface area (Å²) in [6.45, 7) is 1.63. The fourth-order valence-corrected chi connectivity index (χ4v) is 2.47. The second kappa shape index (κ2) is 7.51. The Morgan fingerprint density at radius 1 is 0.893 bits per heavy atom. The summed E-state index contributed by atoms with van der Waals surface area (Å²) in [5.41, 5.74) is -1.32. The molecular weight excluding hydrogens is 368 g/mol. The number of allylic oxidation sites excluding steroid dienone is 4. The molecule has 1 saturated heterocycles. The molecule has 0 saturated carbocycles. The monoisotopic (exact) mass is 387 g/mol. The number of carbonyl (C=O) groups excluding carboxylic acids is 3. The van der Waals surface area contributed by atoms with Gasteiger partial charge >= 0.3 is 11.7 Å². The predicted octanol–water partition coefficient (Wildman–Crippen LogP) is -0.906. The molecule has 0 aliphatic carbocycles. The van der Waals surface area contributed by atoms with Gasteiger partial charge in [-0.1, -0.05) is 17.7 Å². The summed E-state index contributed by atoms with van der Waals surface area (Å²) in [5.74, 6) is -2.18. The summed E-state index contributed by atoms with van der Waals surface area (Å²) in [5, 5.41) is 12.1. The Morgan fingerprint density at radius 2 is 1.43 bits per heavy atom. The van der Waals surface area contributed by atoms with E-state index in [9.17, 15) is 29.1 Å². The average molecular weight is 387 g/mol. The van der Waals surface area contributed by atoms with Gasteiger partial charge in [0, 0.05) is 33.8 Å². The Morgan fingerprint density at radius 3 is 1.96 bits per heavy atom. The molecule has 1 aromatic heterocycles. The zero-order chi connectivity index (χ0) is 21.3. The van der Waals surface area contributed by atoms with Gasteiger partial charge in [0.2, 0.25) is 0 Å². The number of hydrogen-bond acceptors (Lipinski definition) is 6. The van der Waals surface area contributed by atoms with Crippen LogP contribution in [-0.4, -0.2) is 50.9 Å². The largest absolute Gasteiger partial charge is 0.859 e. The molecule has 10 nitrogen and oxygen atoms in total. The number of amides is 4. The molecule has 28 heavy (non-hydrogen) atoms. The van der Waals surface area contributed by atoms with Crippen LogP contribution in [-0.2, 0) is 23.7 Å². The van der Waals surface area contributed by atoms with Crippen molar-refractivity contribution in [3.05, 3.63) is 55.8 Å².